The Bertz CT molecular complexity index is 604. The highest BCUT2D eigenvalue weighted by atomic mass is 19.4. The Hall–Kier alpha value is -2.62. The number of anilines is 1. The van der Waals surface area contributed by atoms with Crippen molar-refractivity contribution in [1.82, 2.24) is 5.32 Å². The zero-order chi connectivity index (χ0) is 17.6. The molecule has 0 aliphatic carbocycles. The third-order valence-electron chi connectivity index (χ3n) is 2.65. The Morgan fingerprint density at radius 2 is 1.96 bits per heavy atom. The predicted octanol–water partition coefficient (Wildman–Crippen LogP) is 0.417. The van der Waals surface area contributed by atoms with Gasteiger partial charge < -0.3 is 15.8 Å². The number of alkyl halides is 3. The van der Waals surface area contributed by atoms with Gasteiger partial charge in [-0.3, -0.25) is 14.9 Å². The smallest absolute Gasteiger partial charge is 0.412 e. The number of carbonyl (C=O) groups is 3. The van der Waals surface area contributed by atoms with Crippen molar-refractivity contribution in [2.75, 3.05) is 19.0 Å². The topological polar surface area (TPSA) is 111 Å². The first-order valence-corrected chi connectivity index (χ1v) is 6.22. The van der Waals surface area contributed by atoms with Gasteiger partial charge in [0.05, 0.1) is 19.2 Å². The maximum Gasteiger partial charge on any atom is 0.412 e. The van der Waals surface area contributed by atoms with Crippen LogP contribution in [0.1, 0.15) is 10.4 Å². The van der Waals surface area contributed by atoms with Crippen LogP contribution in [0.5, 0.6) is 0 Å². The Labute approximate surface area is 129 Å². The average Bonchev–Trinajstić information content (AvgIpc) is 2.45. The molecule has 0 aliphatic rings. The fraction of sp³-hybridized carbons (Fsp3) is 0.308. The minimum absolute atomic E-state index is 0.156. The number of benzene rings is 1. The molecule has 0 aromatic heterocycles. The van der Waals surface area contributed by atoms with E-state index >= 15 is 0 Å². The fourth-order valence-electron chi connectivity index (χ4n) is 1.62. The van der Waals surface area contributed by atoms with Crippen molar-refractivity contribution in [3.05, 3.63) is 29.8 Å². The summed E-state index contributed by atoms with van der Waals surface area (Å²) in [5.74, 6) is -3.12. The van der Waals surface area contributed by atoms with Gasteiger partial charge in [-0.25, -0.2) is 4.79 Å². The molecule has 1 aromatic rings. The summed E-state index contributed by atoms with van der Waals surface area (Å²) in [7, 11) is 1.18. The lowest BCUT2D eigenvalue weighted by atomic mass is 10.2. The highest BCUT2D eigenvalue weighted by Crippen LogP contribution is 2.19. The fourth-order valence-corrected chi connectivity index (χ4v) is 1.62. The summed E-state index contributed by atoms with van der Waals surface area (Å²) in [6.45, 7) is -0.796. The van der Waals surface area contributed by atoms with Gasteiger partial charge in [0.15, 0.2) is 6.04 Å². The number of esters is 1. The Balaban J connectivity index is 2.67. The van der Waals surface area contributed by atoms with Gasteiger partial charge in [-0.1, -0.05) is 6.07 Å². The molecule has 1 rings (SSSR count). The van der Waals surface area contributed by atoms with Gasteiger partial charge in [0, 0.05) is 5.69 Å². The monoisotopic (exact) mass is 333 g/mol. The molecule has 0 bridgehead atoms. The van der Waals surface area contributed by atoms with E-state index in [-0.39, 0.29) is 11.3 Å². The van der Waals surface area contributed by atoms with Crippen LogP contribution < -0.4 is 16.4 Å². The van der Waals surface area contributed by atoms with Crippen molar-refractivity contribution in [3.8, 4) is 0 Å². The number of ether oxygens (including phenoxy) is 1. The maximum absolute atomic E-state index is 12.5. The molecule has 0 heterocycles. The van der Waals surface area contributed by atoms with Crippen LogP contribution in [0.15, 0.2) is 24.3 Å². The second-order valence-electron chi connectivity index (χ2n) is 4.38. The lowest BCUT2D eigenvalue weighted by Gasteiger charge is -2.18. The second kappa shape index (κ2) is 7.58. The summed E-state index contributed by atoms with van der Waals surface area (Å²) in [5, 5.41) is 4.00. The summed E-state index contributed by atoms with van der Waals surface area (Å²) in [4.78, 5) is 33.7. The molecule has 10 heteroatoms. The van der Waals surface area contributed by atoms with Crippen molar-refractivity contribution in [1.29, 1.82) is 0 Å². The molecule has 0 fully saturated rings. The standard InChI is InChI=1S/C13H14F3N3O4/c1-23-12(22)7-3-2-4-8(5-7)19-9(20)6-18-10(11(17)21)13(14,15)16/h2-5,10,18H,6H2,1H3,(H2,17,21)(H,19,20). The van der Waals surface area contributed by atoms with E-state index in [2.05, 4.69) is 15.8 Å². The van der Waals surface area contributed by atoms with E-state index in [1.165, 1.54) is 31.4 Å². The Kier molecular flexibility index (Phi) is 6.08. The van der Waals surface area contributed by atoms with Crippen LogP contribution in [0, 0.1) is 0 Å². The van der Waals surface area contributed by atoms with E-state index in [1.807, 2.05) is 0 Å². The van der Waals surface area contributed by atoms with Gasteiger partial charge in [0.25, 0.3) is 0 Å². The number of halogens is 3. The Morgan fingerprint density at radius 1 is 1.30 bits per heavy atom. The van der Waals surface area contributed by atoms with Crippen molar-refractivity contribution in [2.24, 2.45) is 5.73 Å². The summed E-state index contributed by atoms with van der Waals surface area (Å²) in [6, 6.07) is 2.98. The van der Waals surface area contributed by atoms with Gasteiger partial charge in [-0.15, -0.1) is 0 Å². The number of primary amides is 1. The lowest BCUT2D eigenvalue weighted by molar-refractivity contribution is -0.166. The molecule has 23 heavy (non-hydrogen) atoms. The normalized spacial score (nSPS) is 12.3. The van der Waals surface area contributed by atoms with E-state index in [9.17, 15) is 27.6 Å². The van der Waals surface area contributed by atoms with Crippen LogP contribution >= 0.6 is 0 Å². The molecule has 0 saturated carbocycles. The average molecular weight is 333 g/mol. The zero-order valence-electron chi connectivity index (χ0n) is 11.9. The van der Waals surface area contributed by atoms with Crippen molar-refractivity contribution >= 4 is 23.5 Å². The molecular weight excluding hydrogens is 319 g/mol. The van der Waals surface area contributed by atoms with Crippen molar-refractivity contribution < 1.29 is 32.3 Å². The van der Waals surface area contributed by atoms with Gasteiger partial charge in [0.1, 0.15) is 0 Å². The number of nitrogens with two attached hydrogens (primary N) is 1. The van der Waals surface area contributed by atoms with E-state index in [1.54, 1.807) is 5.32 Å². The summed E-state index contributed by atoms with van der Waals surface area (Å²) < 4.78 is 41.9. The highest BCUT2D eigenvalue weighted by Gasteiger charge is 2.43. The molecule has 0 spiro atoms. The highest BCUT2D eigenvalue weighted by molar-refractivity contribution is 5.95. The van der Waals surface area contributed by atoms with Crippen LogP contribution in [0.4, 0.5) is 18.9 Å². The Morgan fingerprint density at radius 3 is 2.48 bits per heavy atom. The van der Waals surface area contributed by atoms with Crippen molar-refractivity contribution in [2.45, 2.75) is 12.2 Å². The quantitative estimate of drug-likeness (QED) is 0.654. The summed E-state index contributed by atoms with van der Waals surface area (Å²) in [6.07, 6.45) is -4.91. The SMILES string of the molecule is COC(=O)c1cccc(NC(=O)CNC(C(N)=O)C(F)(F)F)c1. The zero-order valence-corrected chi connectivity index (χ0v) is 11.9. The molecule has 1 atom stereocenters. The molecule has 0 saturated heterocycles. The molecule has 1 unspecified atom stereocenters. The number of hydrogen-bond acceptors (Lipinski definition) is 5. The molecule has 7 nitrogen and oxygen atoms in total. The summed E-state index contributed by atoms with van der Waals surface area (Å²) in [5.41, 5.74) is 4.96. The van der Waals surface area contributed by atoms with Gasteiger partial charge in [-0.2, -0.15) is 13.2 Å². The molecule has 126 valence electrons. The van der Waals surface area contributed by atoms with Crippen LogP contribution in [0.2, 0.25) is 0 Å². The van der Waals surface area contributed by atoms with Crippen LogP contribution in [0.25, 0.3) is 0 Å². The molecule has 0 aliphatic heterocycles. The molecule has 4 N–H and O–H groups in total. The van der Waals surface area contributed by atoms with E-state index < -0.39 is 36.5 Å². The van der Waals surface area contributed by atoms with E-state index in [0.717, 1.165) is 0 Å². The number of carbonyl (C=O) groups excluding carboxylic acids is 3. The number of rotatable bonds is 6. The third kappa shape index (κ3) is 5.58. The van der Waals surface area contributed by atoms with E-state index in [0.29, 0.717) is 0 Å². The van der Waals surface area contributed by atoms with Crippen molar-refractivity contribution in [3.63, 3.8) is 0 Å². The molecule has 0 radical (unpaired) electrons. The number of amides is 2. The minimum atomic E-state index is -4.91. The number of nitrogens with one attached hydrogen (secondary N) is 2. The second-order valence-corrected chi connectivity index (χ2v) is 4.38. The van der Waals surface area contributed by atoms with E-state index in [4.69, 9.17) is 0 Å². The maximum atomic E-state index is 12.5. The first-order valence-electron chi connectivity index (χ1n) is 6.22. The third-order valence-corrected chi connectivity index (χ3v) is 2.65. The van der Waals surface area contributed by atoms with Crippen LogP contribution in [-0.4, -0.2) is 43.7 Å². The number of methoxy groups -OCH3 is 1. The van der Waals surface area contributed by atoms with Crippen LogP contribution in [0.3, 0.4) is 0 Å². The first-order chi connectivity index (χ1) is 10.6. The molecule has 1 aromatic carbocycles. The lowest BCUT2D eigenvalue weighted by Crippen LogP contribution is -2.53. The summed E-state index contributed by atoms with van der Waals surface area (Å²) >= 11 is 0. The van der Waals surface area contributed by atoms with Crippen LogP contribution in [-0.2, 0) is 14.3 Å². The predicted molar refractivity (Wildman–Crippen MR) is 73.5 cm³/mol. The largest absolute Gasteiger partial charge is 0.465 e. The first kappa shape index (κ1) is 18.4. The van der Waals surface area contributed by atoms with Gasteiger partial charge in [-0.05, 0) is 18.2 Å². The van der Waals surface area contributed by atoms with Gasteiger partial charge in [0.2, 0.25) is 11.8 Å². The molecule has 2 amide bonds. The molecular formula is C13H14F3N3O4. The number of hydrogen-bond donors (Lipinski definition) is 3. The van der Waals surface area contributed by atoms with Gasteiger partial charge >= 0.3 is 12.1 Å². The minimum Gasteiger partial charge on any atom is -0.465 e.